The van der Waals surface area contributed by atoms with Crippen LogP contribution in [-0.2, 0) is 20.1 Å². The van der Waals surface area contributed by atoms with Crippen LogP contribution in [0, 0.1) is 0 Å². The zero-order valence-corrected chi connectivity index (χ0v) is 20.7. The molecule has 7 nitrogen and oxygen atoms in total. The van der Waals surface area contributed by atoms with E-state index >= 15 is 0 Å². The van der Waals surface area contributed by atoms with E-state index in [-0.39, 0.29) is 18.2 Å². The average Bonchev–Trinajstić information content (AvgIpc) is 3.59. The molecule has 0 aliphatic heterocycles. The van der Waals surface area contributed by atoms with E-state index in [1.165, 1.54) is 6.26 Å². The Kier molecular flexibility index (Phi) is 7.03. The van der Waals surface area contributed by atoms with Crippen LogP contribution in [0.3, 0.4) is 0 Å². The Hall–Kier alpha value is -4.78. The molecule has 0 bridgehead atoms. The summed E-state index contributed by atoms with van der Waals surface area (Å²) in [5, 5.41) is 4.80. The number of carbonyl (C=O) groups excluding carboxylic acids is 1. The fraction of sp³-hybridized carbons (Fsp3) is 0.133. The summed E-state index contributed by atoms with van der Waals surface area (Å²) in [5.41, 5.74) is 3.48. The maximum Gasteiger partial charge on any atom is 0.290 e. The molecule has 7 heteroatoms. The van der Waals surface area contributed by atoms with Gasteiger partial charge < -0.3 is 18.8 Å². The third kappa shape index (κ3) is 5.41. The van der Waals surface area contributed by atoms with Crippen LogP contribution in [0.1, 0.15) is 21.7 Å². The van der Waals surface area contributed by atoms with Crippen LogP contribution in [0.25, 0.3) is 11.3 Å². The van der Waals surface area contributed by atoms with Crippen LogP contribution in [0.5, 0.6) is 17.4 Å². The Labute approximate surface area is 215 Å². The highest BCUT2D eigenvalue weighted by atomic mass is 16.5. The Morgan fingerprint density at radius 2 is 1.54 bits per heavy atom. The van der Waals surface area contributed by atoms with Crippen LogP contribution < -0.4 is 9.47 Å². The second-order valence-electron chi connectivity index (χ2n) is 8.52. The van der Waals surface area contributed by atoms with E-state index in [1.807, 2.05) is 92.0 Å². The quantitative estimate of drug-likeness (QED) is 0.240. The zero-order chi connectivity index (χ0) is 25.6. The second kappa shape index (κ2) is 10.9. The molecule has 0 N–H and O–H groups in total. The van der Waals surface area contributed by atoms with Gasteiger partial charge in [0.05, 0.1) is 25.5 Å². The molecule has 5 rings (SSSR count). The first-order valence-electron chi connectivity index (χ1n) is 11.9. The summed E-state index contributed by atoms with van der Waals surface area (Å²) in [6.07, 6.45) is 1.51. The van der Waals surface area contributed by atoms with Crippen molar-refractivity contribution in [2.24, 2.45) is 7.05 Å². The molecule has 186 valence electrons. The Bertz CT molecular complexity index is 1440. The molecule has 0 unspecified atom stereocenters. The lowest BCUT2D eigenvalue weighted by atomic mass is 10.1. The standard InChI is InChI=1S/C30H27N3O4/c1-32-30(37-25-17-15-24(35-2)16-18-25)26(28(31-32)23-12-7-4-8-13-23)21-33(20-22-10-5-3-6-11-22)29(34)27-14-9-19-36-27/h3-19H,20-21H2,1-2H3. The van der Waals surface area contributed by atoms with Crippen molar-refractivity contribution in [3.05, 3.63) is 120 Å². The number of aryl methyl sites for hydroxylation is 1. The monoisotopic (exact) mass is 493 g/mol. The lowest BCUT2D eigenvalue weighted by Crippen LogP contribution is -2.30. The van der Waals surface area contributed by atoms with Crippen molar-refractivity contribution in [3.8, 4) is 28.6 Å². The van der Waals surface area contributed by atoms with Crippen LogP contribution in [0.2, 0.25) is 0 Å². The van der Waals surface area contributed by atoms with Crippen LogP contribution in [0.15, 0.2) is 108 Å². The number of hydrogen-bond donors (Lipinski definition) is 0. The largest absolute Gasteiger partial charge is 0.497 e. The van der Waals surface area contributed by atoms with Gasteiger partial charge in [-0.05, 0) is 42.0 Å². The van der Waals surface area contributed by atoms with Gasteiger partial charge in [-0.25, -0.2) is 4.68 Å². The average molecular weight is 494 g/mol. The molecule has 0 atom stereocenters. The van der Waals surface area contributed by atoms with Gasteiger partial charge in [0.15, 0.2) is 5.76 Å². The third-order valence-electron chi connectivity index (χ3n) is 5.99. The first-order chi connectivity index (χ1) is 18.1. The summed E-state index contributed by atoms with van der Waals surface area (Å²) in [7, 11) is 3.46. The van der Waals surface area contributed by atoms with Gasteiger partial charge in [0.2, 0.25) is 5.88 Å². The van der Waals surface area contributed by atoms with Crippen molar-refractivity contribution >= 4 is 5.91 Å². The summed E-state index contributed by atoms with van der Waals surface area (Å²) < 4.78 is 18.8. The smallest absolute Gasteiger partial charge is 0.290 e. The molecule has 0 spiro atoms. The maximum absolute atomic E-state index is 13.6. The van der Waals surface area contributed by atoms with Gasteiger partial charge in [-0.3, -0.25) is 4.79 Å². The predicted octanol–water partition coefficient (Wildman–Crippen LogP) is 6.32. The van der Waals surface area contributed by atoms with Crippen LogP contribution in [-0.4, -0.2) is 27.7 Å². The molecule has 37 heavy (non-hydrogen) atoms. The predicted molar refractivity (Wildman–Crippen MR) is 140 cm³/mol. The number of benzene rings is 3. The van der Waals surface area contributed by atoms with E-state index in [1.54, 1.807) is 28.8 Å². The molecule has 0 fully saturated rings. The summed E-state index contributed by atoms with van der Waals surface area (Å²) in [6.45, 7) is 0.656. The molecule has 0 aliphatic carbocycles. The molecule has 2 heterocycles. The number of carbonyl (C=O) groups is 1. The summed E-state index contributed by atoms with van der Waals surface area (Å²) in [6, 6.07) is 30.5. The lowest BCUT2D eigenvalue weighted by Gasteiger charge is -2.23. The van der Waals surface area contributed by atoms with Gasteiger partial charge in [-0.2, -0.15) is 5.10 Å². The van der Waals surface area contributed by atoms with Gasteiger partial charge in [0.1, 0.15) is 17.2 Å². The van der Waals surface area contributed by atoms with E-state index in [9.17, 15) is 4.79 Å². The van der Waals surface area contributed by atoms with Gasteiger partial charge in [0, 0.05) is 19.2 Å². The Morgan fingerprint density at radius 1 is 0.865 bits per heavy atom. The molecule has 0 saturated carbocycles. The molecule has 0 aliphatic rings. The number of amides is 1. The molecule has 0 radical (unpaired) electrons. The fourth-order valence-corrected chi connectivity index (χ4v) is 4.16. The molecule has 0 saturated heterocycles. The number of ether oxygens (including phenoxy) is 2. The summed E-state index contributed by atoms with van der Waals surface area (Å²) >= 11 is 0. The maximum atomic E-state index is 13.6. The Balaban J connectivity index is 1.57. The number of furan rings is 1. The first-order valence-corrected chi connectivity index (χ1v) is 11.9. The number of methoxy groups -OCH3 is 1. The van der Waals surface area contributed by atoms with Crippen molar-refractivity contribution < 1.29 is 18.7 Å². The topological polar surface area (TPSA) is 69.7 Å². The summed E-state index contributed by atoms with van der Waals surface area (Å²) in [4.78, 5) is 15.3. The normalized spacial score (nSPS) is 10.8. The third-order valence-corrected chi connectivity index (χ3v) is 5.99. The SMILES string of the molecule is COc1ccc(Oc2c(CN(Cc3ccccc3)C(=O)c3ccco3)c(-c3ccccc3)nn2C)cc1. The van der Waals surface area contributed by atoms with Crippen molar-refractivity contribution in [1.82, 2.24) is 14.7 Å². The van der Waals surface area contributed by atoms with Gasteiger partial charge >= 0.3 is 0 Å². The van der Waals surface area contributed by atoms with E-state index in [0.717, 1.165) is 28.1 Å². The highest BCUT2D eigenvalue weighted by molar-refractivity contribution is 5.91. The first kappa shape index (κ1) is 23.9. The molecule has 2 aromatic heterocycles. The van der Waals surface area contributed by atoms with Crippen molar-refractivity contribution in [2.45, 2.75) is 13.1 Å². The van der Waals surface area contributed by atoms with Crippen LogP contribution in [0.4, 0.5) is 0 Å². The number of aromatic nitrogens is 2. The van der Waals surface area contributed by atoms with Gasteiger partial charge in [-0.1, -0.05) is 60.7 Å². The highest BCUT2D eigenvalue weighted by Crippen LogP contribution is 2.35. The number of rotatable bonds is 9. The Morgan fingerprint density at radius 3 is 2.19 bits per heavy atom. The van der Waals surface area contributed by atoms with Crippen LogP contribution >= 0.6 is 0 Å². The molecule has 5 aromatic rings. The van der Waals surface area contributed by atoms with Gasteiger partial charge in [-0.15, -0.1) is 0 Å². The molecule has 3 aromatic carbocycles. The number of hydrogen-bond acceptors (Lipinski definition) is 5. The minimum absolute atomic E-state index is 0.216. The van der Waals surface area contributed by atoms with Crippen molar-refractivity contribution in [1.29, 1.82) is 0 Å². The zero-order valence-electron chi connectivity index (χ0n) is 20.7. The molecular weight excluding hydrogens is 466 g/mol. The summed E-state index contributed by atoms with van der Waals surface area (Å²) in [5.74, 6) is 1.98. The van der Waals surface area contributed by atoms with E-state index in [0.29, 0.717) is 18.2 Å². The highest BCUT2D eigenvalue weighted by Gasteiger charge is 2.26. The minimum Gasteiger partial charge on any atom is -0.497 e. The van der Waals surface area contributed by atoms with E-state index < -0.39 is 0 Å². The molecule has 1 amide bonds. The molecular formula is C30H27N3O4. The fourth-order valence-electron chi connectivity index (χ4n) is 4.16. The van der Waals surface area contributed by atoms with Crippen molar-refractivity contribution in [3.63, 3.8) is 0 Å². The van der Waals surface area contributed by atoms with E-state index in [4.69, 9.17) is 19.0 Å². The van der Waals surface area contributed by atoms with E-state index in [2.05, 4.69) is 0 Å². The van der Waals surface area contributed by atoms with Crippen molar-refractivity contribution in [2.75, 3.05) is 7.11 Å². The lowest BCUT2D eigenvalue weighted by molar-refractivity contribution is 0.0697. The number of nitrogens with zero attached hydrogens (tertiary/aromatic N) is 3. The second-order valence-corrected chi connectivity index (χ2v) is 8.52. The van der Waals surface area contributed by atoms with Gasteiger partial charge in [0.25, 0.3) is 5.91 Å². The minimum atomic E-state index is -0.216.